The first-order chi connectivity index (χ1) is 8.56. The van der Waals surface area contributed by atoms with Crippen LogP contribution in [-0.2, 0) is 0 Å². The summed E-state index contributed by atoms with van der Waals surface area (Å²) >= 11 is 3.25. The first kappa shape index (κ1) is 12.5. The van der Waals surface area contributed by atoms with E-state index in [2.05, 4.69) is 26.2 Å². The highest BCUT2D eigenvalue weighted by Crippen LogP contribution is 2.23. The Morgan fingerprint density at radius 1 is 1.33 bits per heavy atom. The van der Waals surface area contributed by atoms with Gasteiger partial charge in [0, 0.05) is 22.0 Å². The second-order valence-corrected chi connectivity index (χ2v) is 4.44. The van der Waals surface area contributed by atoms with Gasteiger partial charge >= 0.3 is 0 Å². The Balaban J connectivity index is 2.18. The Kier molecular flexibility index (Phi) is 3.57. The molecule has 0 saturated heterocycles. The van der Waals surface area contributed by atoms with E-state index in [1.165, 1.54) is 6.20 Å². The normalized spacial score (nSPS) is 10.1. The number of hydrogen-bond donors (Lipinski definition) is 2. The van der Waals surface area contributed by atoms with E-state index in [0.717, 1.165) is 16.7 Å². The lowest BCUT2D eigenvalue weighted by Gasteiger charge is -2.06. The van der Waals surface area contributed by atoms with E-state index >= 15 is 0 Å². The second kappa shape index (κ2) is 5.14. The number of aromatic nitrogens is 1. The minimum Gasteiger partial charge on any atom is -0.398 e. The van der Waals surface area contributed by atoms with Crippen LogP contribution in [0.5, 0.6) is 0 Å². The zero-order valence-corrected chi connectivity index (χ0v) is 10.7. The zero-order valence-electron chi connectivity index (χ0n) is 9.15. The van der Waals surface area contributed by atoms with E-state index in [0.29, 0.717) is 11.4 Å². The summed E-state index contributed by atoms with van der Waals surface area (Å²) in [6.07, 6.45) is 2.33. The standard InChI is InChI=1S/C12H9BrFN3O/c13-10-2-1-9(4-11(10)15)17-12(18)7-3-8(14)6-16-5-7/h1-6H,15H2,(H,17,18). The number of pyridine rings is 1. The van der Waals surface area contributed by atoms with Gasteiger partial charge in [-0.05, 0) is 40.2 Å². The third-order valence-corrected chi connectivity index (χ3v) is 2.94. The molecule has 0 aliphatic heterocycles. The minimum atomic E-state index is -0.557. The fraction of sp³-hybridized carbons (Fsp3) is 0. The van der Waals surface area contributed by atoms with Crippen LogP contribution < -0.4 is 11.1 Å². The first-order valence-electron chi connectivity index (χ1n) is 5.03. The summed E-state index contributed by atoms with van der Waals surface area (Å²) in [5, 5.41) is 2.61. The topological polar surface area (TPSA) is 68.0 Å². The number of rotatable bonds is 2. The maximum Gasteiger partial charge on any atom is 0.257 e. The fourth-order valence-electron chi connectivity index (χ4n) is 1.36. The molecule has 0 aliphatic carbocycles. The average Bonchev–Trinajstić information content (AvgIpc) is 2.34. The van der Waals surface area contributed by atoms with Gasteiger partial charge in [-0.1, -0.05) is 0 Å². The van der Waals surface area contributed by atoms with Crippen LogP contribution in [0, 0.1) is 5.82 Å². The van der Waals surface area contributed by atoms with Crippen LogP contribution in [0.2, 0.25) is 0 Å². The Labute approximate surface area is 111 Å². The molecular weight excluding hydrogens is 301 g/mol. The molecule has 0 spiro atoms. The molecule has 92 valence electrons. The van der Waals surface area contributed by atoms with Crippen molar-refractivity contribution in [3.05, 3.63) is 52.5 Å². The van der Waals surface area contributed by atoms with Crippen molar-refractivity contribution in [3.8, 4) is 0 Å². The number of nitrogens with zero attached hydrogens (tertiary/aromatic N) is 1. The van der Waals surface area contributed by atoms with Crippen molar-refractivity contribution >= 4 is 33.2 Å². The van der Waals surface area contributed by atoms with Gasteiger partial charge in [0.15, 0.2) is 0 Å². The highest BCUT2D eigenvalue weighted by molar-refractivity contribution is 9.10. The van der Waals surface area contributed by atoms with Crippen LogP contribution in [0.15, 0.2) is 41.1 Å². The molecule has 1 aromatic heterocycles. The predicted octanol–water partition coefficient (Wildman–Crippen LogP) is 2.82. The second-order valence-electron chi connectivity index (χ2n) is 3.58. The number of halogens is 2. The molecule has 0 fully saturated rings. The maximum atomic E-state index is 12.9. The van der Waals surface area contributed by atoms with Gasteiger partial charge in [0.1, 0.15) is 5.82 Å². The summed E-state index contributed by atoms with van der Waals surface area (Å²) in [6.45, 7) is 0. The Morgan fingerprint density at radius 3 is 2.78 bits per heavy atom. The van der Waals surface area contributed by atoms with Crippen LogP contribution >= 0.6 is 15.9 Å². The van der Waals surface area contributed by atoms with E-state index in [4.69, 9.17) is 5.73 Å². The van der Waals surface area contributed by atoms with E-state index in [1.54, 1.807) is 18.2 Å². The number of benzene rings is 1. The molecule has 0 unspecified atom stereocenters. The quantitative estimate of drug-likeness (QED) is 0.838. The summed E-state index contributed by atoms with van der Waals surface area (Å²) < 4.78 is 13.7. The molecule has 2 rings (SSSR count). The summed E-state index contributed by atoms with van der Waals surface area (Å²) in [5.74, 6) is -0.998. The minimum absolute atomic E-state index is 0.150. The van der Waals surface area contributed by atoms with Gasteiger partial charge in [0.05, 0.1) is 11.8 Å². The monoisotopic (exact) mass is 309 g/mol. The van der Waals surface area contributed by atoms with Crippen LogP contribution in [0.4, 0.5) is 15.8 Å². The molecule has 1 amide bonds. The maximum absolute atomic E-state index is 12.9. The Hall–Kier alpha value is -1.95. The van der Waals surface area contributed by atoms with Gasteiger partial charge < -0.3 is 11.1 Å². The number of nitrogens with two attached hydrogens (primary N) is 1. The summed E-state index contributed by atoms with van der Waals surface area (Å²) in [5.41, 5.74) is 6.88. The molecule has 0 atom stereocenters. The summed E-state index contributed by atoms with van der Waals surface area (Å²) in [6, 6.07) is 6.12. The van der Waals surface area contributed by atoms with Gasteiger partial charge in [0.25, 0.3) is 5.91 Å². The van der Waals surface area contributed by atoms with Crippen LogP contribution in [0.3, 0.4) is 0 Å². The van der Waals surface area contributed by atoms with Crippen LogP contribution in [0.1, 0.15) is 10.4 Å². The molecule has 1 heterocycles. The van der Waals surface area contributed by atoms with Crippen molar-refractivity contribution in [1.82, 2.24) is 4.98 Å². The van der Waals surface area contributed by atoms with Crippen LogP contribution in [-0.4, -0.2) is 10.9 Å². The SMILES string of the molecule is Nc1cc(NC(=O)c2cncc(F)c2)ccc1Br. The molecule has 4 nitrogen and oxygen atoms in total. The molecule has 1 aromatic carbocycles. The third kappa shape index (κ3) is 2.84. The van der Waals surface area contributed by atoms with Crippen molar-refractivity contribution in [2.75, 3.05) is 11.1 Å². The van der Waals surface area contributed by atoms with E-state index in [9.17, 15) is 9.18 Å². The highest BCUT2D eigenvalue weighted by atomic mass is 79.9. The van der Waals surface area contributed by atoms with Crippen molar-refractivity contribution in [1.29, 1.82) is 0 Å². The lowest BCUT2D eigenvalue weighted by Crippen LogP contribution is -2.12. The molecule has 0 aliphatic rings. The summed E-state index contributed by atoms with van der Waals surface area (Å²) in [7, 11) is 0. The number of amides is 1. The zero-order chi connectivity index (χ0) is 13.1. The molecule has 6 heteroatoms. The number of hydrogen-bond acceptors (Lipinski definition) is 3. The van der Waals surface area contributed by atoms with Crippen molar-refractivity contribution in [3.63, 3.8) is 0 Å². The largest absolute Gasteiger partial charge is 0.398 e. The van der Waals surface area contributed by atoms with Gasteiger partial charge in [-0.15, -0.1) is 0 Å². The number of carbonyl (C=O) groups excluding carboxylic acids is 1. The molecule has 2 aromatic rings. The molecule has 0 saturated carbocycles. The lowest BCUT2D eigenvalue weighted by molar-refractivity contribution is 0.102. The first-order valence-corrected chi connectivity index (χ1v) is 5.82. The van der Waals surface area contributed by atoms with Crippen molar-refractivity contribution in [2.45, 2.75) is 0 Å². The van der Waals surface area contributed by atoms with Gasteiger partial charge in [-0.2, -0.15) is 0 Å². The highest BCUT2D eigenvalue weighted by Gasteiger charge is 2.08. The number of anilines is 2. The van der Waals surface area contributed by atoms with Crippen molar-refractivity contribution < 1.29 is 9.18 Å². The van der Waals surface area contributed by atoms with E-state index < -0.39 is 11.7 Å². The number of carbonyl (C=O) groups is 1. The average molecular weight is 310 g/mol. The lowest BCUT2D eigenvalue weighted by atomic mass is 10.2. The van der Waals surface area contributed by atoms with Gasteiger partial charge in [-0.3, -0.25) is 9.78 Å². The van der Waals surface area contributed by atoms with Crippen LogP contribution in [0.25, 0.3) is 0 Å². The number of nitrogens with one attached hydrogen (secondary N) is 1. The summed E-state index contributed by atoms with van der Waals surface area (Å²) in [4.78, 5) is 15.4. The Bertz CT molecular complexity index is 604. The molecule has 0 radical (unpaired) electrons. The smallest absolute Gasteiger partial charge is 0.257 e. The predicted molar refractivity (Wildman–Crippen MR) is 70.7 cm³/mol. The third-order valence-electron chi connectivity index (χ3n) is 2.22. The number of nitrogen functional groups attached to an aromatic ring is 1. The van der Waals surface area contributed by atoms with Gasteiger partial charge in [0.2, 0.25) is 0 Å². The Morgan fingerprint density at radius 2 is 2.11 bits per heavy atom. The van der Waals surface area contributed by atoms with Crippen molar-refractivity contribution in [2.24, 2.45) is 0 Å². The van der Waals surface area contributed by atoms with Gasteiger partial charge in [-0.25, -0.2) is 4.39 Å². The molecule has 3 N–H and O–H groups in total. The fourth-order valence-corrected chi connectivity index (χ4v) is 1.61. The van der Waals surface area contributed by atoms with E-state index in [-0.39, 0.29) is 5.56 Å². The molecule has 0 bridgehead atoms. The molecular formula is C12H9BrFN3O. The molecule has 18 heavy (non-hydrogen) atoms. The van der Waals surface area contributed by atoms with E-state index in [1.807, 2.05) is 0 Å².